The van der Waals surface area contributed by atoms with Crippen molar-refractivity contribution in [1.29, 1.82) is 0 Å². The van der Waals surface area contributed by atoms with E-state index in [2.05, 4.69) is 129 Å². The molecule has 0 bridgehead atoms. The van der Waals surface area contributed by atoms with Crippen LogP contribution in [0.3, 0.4) is 0 Å². The highest BCUT2D eigenvalue weighted by Gasteiger charge is 2.13. The molecule has 0 N–H and O–H groups in total. The van der Waals surface area contributed by atoms with E-state index in [0.717, 1.165) is 27.9 Å². The maximum Gasteiger partial charge on any atom is 0.218 e. The maximum atomic E-state index is 4.63. The molecule has 0 fully saturated rings. The molecule has 2 aromatic heterocycles. The molecule has 0 spiro atoms. The van der Waals surface area contributed by atoms with E-state index >= 15 is 0 Å². The highest BCUT2D eigenvalue weighted by atomic mass is 79.9. The van der Waals surface area contributed by atoms with Gasteiger partial charge in [-0.2, -0.15) is 0 Å². The summed E-state index contributed by atoms with van der Waals surface area (Å²) in [6.45, 7) is 0. The molecule has 6 aromatic rings. The van der Waals surface area contributed by atoms with Crippen molar-refractivity contribution in [3.63, 3.8) is 0 Å². The summed E-state index contributed by atoms with van der Waals surface area (Å²) >= 11 is 3.45. The van der Waals surface area contributed by atoms with Crippen molar-refractivity contribution in [1.82, 2.24) is 14.6 Å². The van der Waals surface area contributed by atoms with Crippen LogP contribution in [0.2, 0.25) is 0 Å². The summed E-state index contributed by atoms with van der Waals surface area (Å²) in [7, 11) is 0. The fourth-order valence-electron chi connectivity index (χ4n) is 4.29. The second-order valence-corrected chi connectivity index (χ2v) is 8.89. The fraction of sp³-hybridized carbons (Fsp3) is 0. The Bertz CT molecular complexity index is 1570. The monoisotopic (exact) mass is 501 g/mol. The second kappa shape index (κ2) is 8.73. The van der Waals surface area contributed by atoms with Crippen molar-refractivity contribution in [2.45, 2.75) is 0 Å². The third kappa shape index (κ3) is 3.93. The highest BCUT2D eigenvalue weighted by molar-refractivity contribution is 9.10. The van der Waals surface area contributed by atoms with Crippen molar-refractivity contribution in [3.05, 3.63) is 126 Å². The van der Waals surface area contributed by atoms with E-state index in [1.54, 1.807) is 0 Å². The van der Waals surface area contributed by atoms with Gasteiger partial charge in [0.2, 0.25) is 4.73 Å². The van der Waals surface area contributed by atoms with Gasteiger partial charge in [-0.25, -0.2) is 9.50 Å². The Hall–Kier alpha value is -4.02. The predicted octanol–water partition coefficient (Wildman–Crippen LogP) is 8.16. The van der Waals surface area contributed by atoms with Crippen LogP contribution in [0.5, 0.6) is 0 Å². The third-order valence-electron chi connectivity index (χ3n) is 6.04. The molecule has 6 rings (SSSR count). The first kappa shape index (κ1) is 20.6. The summed E-state index contributed by atoms with van der Waals surface area (Å²) in [5.41, 5.74) is 10.0. The van der Waals surface area contributed by atoms with E-state index in [-0.39, 0.29) is 0 Å². The van der Waals surface area contributed by atoms with Crippen LogP contribution in [-0.2, 0) is 0 Å². The second-order valence-electron chi connectivity index (χ2n) is 8.18. The minimum atomic E-state index is 0.575. The number of benzene rings is 4. The first-order valence-electron chi connectivity index (χ1n) is 11.1. The molecule has 0 aliphatic carbocycles. The Labute approximate surface area is 206 Å². The SMILES string of the molecule is Brc1nc2c(-c3ccc(-c4ccccc4)cc3)cc(-c3ccc(-c4ccccc4)cc3)cn2n1. The number of aromatic nitrogens is 3. The molecular weight excluding hydrogens is 482 g/mol. The van der Waals surface area contributed by atoms with Crippen molar-refractivity contribution >= 4 is 21.6 Å². The molecule has 162 valence electrons. The van der Waals surface area contributed by atoms with Gasteiger partial charge >= 0.3 is 0 Å². The summed E-state index contributed by atoms with van der Waals surface area (Å²) in [5.74, 6) is 0. The smallest absolute Gasteiger partial charge is 0.218 e. The van der Waals surface area contributed by atoms with Gasteiger partial charge in [-0.3, -0.25) is 0 Å². The standard InChI is InChI=1S/C30H20BrN3/c31-30-32-29-28(26-17-15-24(16-18-26)22-9-5-2-6-10-22)19-27(20-34(29)33-30)25-13-11-23(12-14-25)21-7-3-1-4-8-21/h1-20H. The largest absolute Gasteiger partial charge is 0.219 e. The van der Waals surface area contributed by atoms with Gasteiger partial charge in [-0.1, -0.05) is 109 Å². The van der Waals surface area contributed by atoms with Gasteiger partial charge in [0.25, 0.3) is 0 Å². The Balaban J connectivity index is 1.42. The van der Waals surface area contributed by atoms with E-state index in [9.17, 15) is 0 Å². The molecule has 0 radical (unpaired) electrons. The van der Waals surface area contributed by atoms with Crippen LogP contribution in [0.4, 0.5) is 0 Å². The number of hydrogen-bond acceptors (Lipinski definition) is 2. The van der Waals surface area contributed by atoms with Crippen molar-refractivity contribution in [2.24, 2.45) is 0 Å². The van der Waals surface area contributed by atoms with E-state index in [1.807, 2.05) is 22.8 Å². The highest BCUT2D eigenvalue weighted by Crippen LogP contribution is 2.32. The van der Waals surface area contributed by atoms with Gasteiger partial charge in [0.15, 0.2) is 5.65 Å². The van der Waals surface area contributed by atoms with Crippen molar-refractivity contribution in [3.8, 4) is 44.5 Å². The van der Waals surface area contributed by atoms with E-state index in [4.69, 9.17) is 0 Å². The van der Waals surface area contributed by atoms with Crippen LogP contribution < -0.4 is 0 Å². The average molecular weight is 502 g/mol. The lowest BCUT2D eigenvalue weighted by molar-refractivity contribution is 0.948. The zero-order valence-electron chi connectivity index (χ0n) is 18.3. The van der Waals surface area contributed by atoms with Gasteiger partial charge < -0.3 is 0 Å². The first-order valence-corrected chi connectivity index (χ1v) is 11.9. The Morgan fingerprint density at radius 2 is 0.941 bits per heavy atom. The predicted molar refractivity (Wildman–Crippen MR) is 142 cm³/mol. The lowest BCUT2D eigenvalue weighted by atomic mass is 9.97. The van der Waals surface area contributed by atoms with Crippen molar-refractivity contribution < 1.29 is 0 Å². The van der Waals surface area contributed by atoms with Crippen LogP contribution in [-0.4, -0.2) is 14.6 Å². The van der Waals surface area contributed by atoms with Crippen LogP contribution in [0.15, 0.2) is 126 Å². The molecule has 4 aromatic carbocycles. The molecule has 0 aliphatic heterocycles. The minimum absolute atomic E-state index is 0.575. The van der Waals surface area contributed by atoms with E-state index in [0.29, 0.717) is 4.73 Å². The molecule has 3 nitrogen and oxygen atoms in total. The van der Waals surface area contributed by atoms with Crippen LogP contribution in [0, 0.1) is 0 Å². The Morgan fingerprint density at radius 1 is 0.500 bits per heavy atom. The lowest BCUT2D eigenvalue weighted by Gasteiger charge is -2.10. The number of hydrogen-bond donors (Lipinski definition) is 0. The summed E-state index contributed by atoms with van der Waals surface area (Å²) < 4.78 is 2.43. The molecule has 0 atom stereocenters. The molecule has 0 amide bonds. The Kier molecular flexibility index (Phi) is 5.28. The minimum Gasteiger partial charge on any atom is -0.219 e. The molecule has 0 saturated heterocycles. The molecule has 0 aliphatic rings. The topological polar surface area (TPSA) is 30.2 Å². The number of rotatable bonds is 4. The molecular formula is C30H20BrN3. The van der Waals surface area contributed by atoms with E-state index < -0.39 is 0 Å². The van der Waals surface area contributed by atoms with Crippen LogP contribution >= 0.6 is 15.9 Å². The maximum absolute atomic E-state index is 4.63. The summed E-state index contributed by atoms with van der Waals surface area (Å²) in [6.07, 6.45) is 2.03. The summed E-state index contributed by atoms with van der Waals surface area (Å²) in [4.78, 5) is 4.63. The van der Waals surface area contributed by atoms with Gasteiger partial charge in [0.05, 0.1) is 0 Å². The van der Waals surface area contributed by atoms with Gasteiger partial charge in [-0.15, -0.1) is 5.10 Å². The summed E-state index contributed by atoms with van der Waals surface area (Å²) in [6, 6.07) is 40.3. The van der Waals surface area contributed by atoms with Crippen LogP contribution in [0.25, 0.3) is 50.2 Å². The number of fused-ring (bicyclic) bond motifs is 1. The van der Waals surface area contributed by atoms with E-state index in [1.165, 1.54) is 22.3 Å². The molecule has 0 saturated carbocycles. The lowest BCUT2D eigenvalue weighted by Crippen LogP contribution is -1.93. The zero-order valence-corrected chi connectivity index (χ0v) is 19.9. The van der Waals surface area contributed by atoms with Gasteiger partial charge in [0.1, 0.15) is 0 Å². The average Bonchev–Trinajstić information content (AvgIpc) is 3.29. The van der Waals surface area contributed by atoms with Crippen LogP contribution in [0.1, 0.15) is 0 Å². The van der Waals surface area contributed by atoms with Gasteiger partial charge in [-0.05, 0) is 55.4 Å². The Morgan fingerprint density at radius 3 is 1.47 bits per heavy atom. The summed E-state index contributed by atoms with van der Waals surface area (Å²) in [5, 5.41) is 4.54. The number of nitrogens with zero attached hydrogens (tertiary/aromatic N) is 3. The molecule has 4 heteroatoms. The molecule has 0 unspecified atom stereocenters. The zero-order chi connectivity index (χ0) is 22.9. The number of pyridine rings is 1. The quantitative estimate of drug-likeness (QED) is 0.244. The van der Waals surface area contributed by atoms with Gasteiger partial charge in [0, 0.05) is 17.3 Å². The normalized spacial score (nSPS) is 11.1. The molecule has 34 heavy (non-hydrogen) atoms. The number of halogens is 1. The fourth-order valence-corrected chi connectivity index (χ4v) is 4.63. The first-order chi connectivity index (χ1) is 16.7. The van der Waals surface area contributed by atoms with Crippen molar-refractivity contribution in [2.75, 3.05) is 0 Å². The molecule has 2 heterocycles. The third-order valence-corrected chi connectivity index (χ3v) is 6.37.